The highest BCUT2D eigenvalue weighted by Crippen LogP contribution is 2.32. The number of anilines is 2. The van der Waals surface area contributed by atoms with Crippen LogP contribution in [-0.4, -0.2) is 24.9 Å². The van der Waals surface area contributed by atoms with Gasteiger partial charge in [0.05, 0.1) is 23.6 Å². The lowest BCUT2D eigenvalue weighted by Crippen LogP contribution is -2.40. The zero-order chi connectivity index (χ0) is 15.5. The Labute approximate surface area is 125 Å². The molecule has 2 rings (SSSR count). The van der Waals surface area contributed by atoms with E-state index < -0.39 is 5.82 Å². The Morgan fingerprint density at radius 2 is 2.24 bits per heavy atom. The third kappa shape index (κ3) is 4.24. The summed E-state index contributed by atoms with van der Waals surface area (Å²) in [6.07, 6.45) is 2.63. The summed E-state index contributed by atoms with van der Waals surface area (Å²) in [5, 5.41) is 3.40. The summed E-state index contributed by atoms with van der Waals surface area (Å²) >= 11 is 0. The fraction of sp³-hybridized carbons (Fsp3) is 0.625. The third-order valence-corrected chi connectivity index (χ3v) is 3.62. The second-order valence-electron chi connectivity index (χ2n) is 6.16. The van der Waals surface area contributed by atoms with Crippen LogP contribution in [0, 0.1) is 5.82 Å². The number of ether oxygens (including phenoxy) is 2. The quantitative estimate of drug-likeness (QED) is 0.816. The Kier molecular flexibility index (Phi) is 4.93. The first kappa shape index (κ1) is 15.9. The molecule has 1 aromatic rings. The molecule has 1 fully saturated rings. The highest BCUT2D eigenvalue weighted by atomic mass is 19.1. The van der Waals surface area contributed by atoms with Crippen molar-refractivity contribution in [3.63, 3.8) is 0 Å². The highest BCUT2D eigenvalue weighted by Gasteiger charge is 2.29. The Morgan fingerprint density at radius 1 is 1.48 bits per heavy atom. The molecule has 1 heterocycles. The van der Waals surface area contributed by atoms with Crippen molar-refractivity contribution in [2.45, 2.75) is 51.7 Å². The minimum Gasteiger partial charge on any atom is -0.490 e. The second kappa shape index (κ2) is 6.52. The molecule has 5 heteroatoms. The largest absolute Gasteiger partial charge is 0.490 e. The topological polar surface area (TPSA) is 56.5 Å². The number of nitrogens with two attached hydrogens (primary N) is 1. The molecule has 1 atom stereocenters. The van der Waals surface area contributed by atoms with Crippen LogP contribution in [0.25, 0.3) is 0 Å². The van der Waals surface area contributed by atoms with Crippen LogP contribution in [0.1, 0.15) is 40.0 Å². The summed E-state index contributed by atoms with van der Waals surface area (Å²) in [7, 11) is 0. The van der Waals surface area contributed by atoms with Gasteiger partial charge in [-0.15, -0.1) is 0 Å². The van der Waals surface area contributed by atoms with Crippen molar-refractivity contribution in [3.05, 3.63) is 17.9 Å². The zero-order valence-corrected chi connectivity index (χ0v) is 13.0. The van der Waals surface area contributed by atoms with E-state index in [1.807, 2.05) is 6.92 Å². The van der Waals surface area contributed by atoms with E-state index in [1.54, 1.807) is 6.07 Å². The van der Waals surface area contributed by atoms with Crippen molar-refractivity contribution in [1.82, 2.24) is 0 Å². The summed E-state index contributed by atoms with van der Waals surface area (Å²) < 4.78 is 24.9. The number of nitrogens with one attached hydrogen (secondary N) is 1. The fourth-order valence-electron chi connectivity index (χ4n) is 2.59. The minimum absolute atomic E-state index is 0.147. The molecular weight excluding hydrogens is 271 g/mol. The van der Waals surface area contributed by atoms with Gasteiger partial charge in [0.1, 0.15) is 0 Å². The van der Waals surface area contributed by atoms with Gasteiger partial charge in [0.25, 0.3) is 0 Å². The van der Waals surface area contributed by atoms with Gasteiger partial charge in [0, 0.05) is 24.8 Å². The maximum absolute atomic E-state index is 13.8. The zero-order valence-electron chi connectivity index (χ0n) is 13.0. The maximum Gasteiger partial charge on any atom is 0.167 e. The van der Waals surface area contributed by atoms with Crippen LogP contribution in [0.15, 0.2) is 12.1 Å². The van der Waals surface area contributed by atoms with Crippen LogP contribution >= 0.6 is 0 Å². The smallest absolute Gasteiger partial charge is 0.167 e. The average molecular weight is 296 g/mol. The van der Waals surface area contributed by atoms with E-state index in [0.29, 0.717) is 18.9 Å². The Balaban J connectivity index is 2.11. The molecule has 0 saturated carbocycles. The molecule has 4 nitrogen and oxygen atoms in total. The van der Waals surface area contributed by atoms with Crippen LogP contribution in [0.4, 0.5) is 15.8 Å². The lowest BCUT2D eigenvalue weighted by atomic mass is 9.93. The van der Waals surface area contributed by atoms with Crippen molar-refractivity contribution in [3.8, 4) is 5.75 Å². The minimum atomic E-state index is -0.418. The van der Waals surface area contributed by atoms with E-state index in [2.05, 4.69) is 19.2 Å². The fourth-order valence-corrected chi connectivity index (χ4v) is 2.59. The summed E-state index contributed by atoms with van der Waals surface area (Å²) in [5.74, 6) is -0.168. The van der Waals surface area contributed by atoms with Gasteiger partial charge in [0.2, 0.25) is 0 Å². The molecule has 1 aromatic carbocycles. The Hall–Kier alpha value is -1.49. The van der Waals surface area contributed by atoms with E-state index in [4.69, 9.17) is 15.2 Å². The Bertz CT molecular complexity index is 491. The third-order valence-electron chi connectivity index (χ3n) is 3.62. The van der Waals surface area contributed by atoms with E-state index in [9.17, 15) is 4.39 Å². The first-order valence-electron chi connectivity index (χ1n) is 7.53. The van der Waals surface area contributed by atoms with Gasteiger partial charge in [0.15, 0.2) is 11.6 Å². The van der Waals surface area contributed by atoms with E-state index in [1.165, 1.54) is 6.07 Å². The first-order chi connectivity index (χ1) is 9.91. The van der Waals surface area contributed by atoms with Crippen molar-refractivity contribution in [2.24, 2.45) is 0 Å². The number of hydrogen-bond acceptors (Lipinski definition) is 4. The molecule has 3 N–H and O–H groups in total. The van der Waals surface area contributed by atoms with Gasteiger partial charge in [-0.05, 0) is 33.1 Å². The lowest BCUT2D eigenvalue weighted by molar-refractivity contribution is -0.0553. The molecular formula is C16H25FN2O2. The molecule has 21 heavy (non-hydrogen) atoms. The number of nitrogen functional groups attached to an aromatic ring is 1. The average Bonchev–Trinajstić information content (AvgIpc) is 2.39. The highest BCUT2D eigenvalue weighted by molar-refractivity contribution is 5.69. The molecule has 0 aliphatic carbocycles. The van der Waals surface area contributed by atoms with Crippen LogP contribution in [0.2, 0.25) is 0 Å². The normalized spacial score (nSPS) is 21.0. The van der Waals surface area contributed by atoms with E-state index >= 15 is 0 Å². The molecule has 0 radical (unpaired) electrons. The number of benzene rings is 1. The number of rotatable bonds is 5. The van der Waals surface area contributed by atoms with Crippen LogP contribution in [0.3, 0.4) is 0 Å². The molecule has 1 saturated heterocycles. The predicted octanol–water partition coefficient (Wildman–Crippen LogP) is 3.57. The van der Waals surface area contributed by atoms with Crippen molar-refractivity contribution >= 4 is 11.4 Å². The molecule has 0 spiro atoms. The maximum atomic E-state index is 13.8. The van der Waals surface area contributed by atoms with E-state index in [-0.39, 0.29) is 17.4 Å². The summed E-state index contributed by atoms with van der Waals surface area (Å²) in [4.78, 5) is 0. The molecule has 1 aliphatic rings. The lowest BCUT2D eigenvalue weighted by Gasteiger charge is -2.36. The molecule has 1 aliphatic heterocycles. The summed E-state index contributed by atoms with van der Waals surface area (Å²) in [6.45, 7) is 7.34. The monoisotopic (exact) mass is 296 g/mol. The SMILES string of the molecule is CCCOc1cc(NC2CCOC(C)(C)C2)c(N)cc1F. The first-order valence-corrected chi connectivity index (χ1v) is 7.53. The second-order valence-corrected chi connectivity index (χ2v) is 6.16. The molecule has 0 bridgehead atoms. The Morgan fingerprint density at radius 3 is 2.90 bits per heavy atom. The van der Waals surface area contributed by atoms with Gasteiger partial charge < -0.3 is 20.5 Å². The molecule has 1 unspecified atom stereocenters. The molecule has 0 amide bonds. The van der Waals surface area contributed by atoms with Crippen molar-refractivity contribution in [1.29, 1.82) is 0 Å². The van der Waals surface area contributed by atoms with Gasteiger partial charge in [-0.1, -0.05) is 6.92 Å². The van der Waals surface area contributed by atoms with Crippen molar-refractivity contribution < 1.29 is 13.9 Å². The van der Waals surface area contributed by atoms with Gasteiger partial charge >= 0.3 is 0 Å². The van der Waals surface area contributed by atoms with Crippen LogP contribution < -0.4 is 15.8 Å². The molecule has 0 aromatic heterocycles. The van der Waals surface area contributed by atoms with E-state index in [0.717, 1.165) is 24.9 Å². The van der Waals surface area contributed by atoms with Gasteiger partial charge in [-0.3, -0.25) is 0 Å². The number of hydrogen-bond donors (Lipinski definition) is 2. The van der Waals surface area contributed by atoms with Crippen LogP contribution in [-0.2, 0) is 4.74 Å². The van der Waals surface area contributed by atoms with Gasteiger partial charge in [-0.2, -0.15) is 0 Å². The van der Waals surface area contributed by atoms with Crippen LogP contribution in [0.5, 0.6) is 5.75 Å². The molecule has 118 valence electrons. The number of halogens is 1. The summed E-state index contributed by atoms with van der Waals surface area (Å²) in [6, 6.07) is 3.24. The van der Waals surface area contributed by atoms with Gasteiger partial charge in [-0.25, -0.2) is 4.39 Å². The standard InChI is InChI=1S/C16H25FN2O2/c1-4-6-20-15-9-14(13(18)8-12(15)17)19-11-5-7-21-16(2,3)10-11/h8-9,11,19H,4-7,10,18H2,1-3H3. The predicted molar refractivity (Wildman–Crippen MR) is 83.3 cm³/mol. The van der Waals surface area contributed by atoms with Crippen molar-refractivity contribution in [2.75, 3.05) is 24.3 Å². The summed E-state index contributed by atoms with van der Waals surface area (Å²) in [5.41, 5.74) is 6.90.